The number of hydrogen-bond donors (Lipinski definition) is 1. The van der Waals surface area contributed by atoms with Crippen LogP contribution in [0.1, 0.15) is 72.0 Å². The summed E-state index contributed by atoms with van der Waals surface area (Å²) in [6, 6.07) is 6.74. The van der Waals surface area contributed by atoms with Gasteiger partial charge in [0.1, 0.15) is 6.04 Å². The Hall–Kier alpha value is -3.04. The van der Waals surface area contributed by atoms with Crippen molar-refractivity contribution in [2.45, 2.75) is 69.4 Å². The molecule has 206 valence electrons. The predicted octanol–water partition coefficient (Wildman–Crippen LogP) is 3.77. The lowest BCUT2D eigenvalue weighted by Gasteiger charge is -2.38. The standard InChI is InChI=1S/C29H32ClFN4O4/c30-26-25-21(15-23(31)32-26)29(17-39-25)10-13-34(14-11-29)12-3-1-2-5-18-6-4-7-19-20(18)16-35(28(19)38)22-8-9-24(36)33-27(22)37/h4,6-7,15,22H,1-3,5,8-14,16-17H2,(H,33,36,37). The van der Waals surface area contributed by atoms with Crippen LogP contribution < -0.4 is 10.1 Å². The van der Waals surface area contributed by atoms with Gasteiger partial charge in [-0.2, -0.15) is 4.39 Å². The highest BCUT2D eigenvalue weighted by Crippen LogP contribution is 2.48. The van der Waals surface area contributed by atoms with Crippen molar-refractivity contribution in [3.05, 3.63) is 57.6 Å². The van der Waals surface area contributed by atoms with Crippen molar-refractivity contribution in [2.24, 2.45) is 0 Å². The van der Waals surface area contributed by atoms with Crippen LogP contribution in [0.25, 0.3) is 0 Å². The summed E-state index contributed by atoms with van der Waals surface area (Å²) in [6.07, 6.45) is 6.52. The van der Waals surface area contributed by atoms with Gasteiger partial charge < -0.3 is 14.5 Å². The summed E-state index contributed by atoms with van der Waals surface area (Å²) in [5, 5.41) is 2.47. The molecule has 1 aromatic carbocycles. The minimum absolute atomic E-state index is 0.112. The van der Waals surface area contributed by atoms with Crippen molar-refractivity contribution in [3.8, 4) is 5.75 Å². The Balaban J connectivity index is 0.978. The minimum Gasteiger partial charge on any atom is -0.489 e. The molecule has 0 aliphatic carbocycles. The number of unbranched alkanes of at least 4 members (excludes halogenated alkanes) is 2. The van der Waals surface area contributed by atoms with Gasteiger partial charge in [-0.3, -0.25) is 19.7 Å². The van der Waals surface area contributed by atoms with Gasteiger partial charge in [0.25, 0.3) is 5.91 Å². The number of halogens is 2. The van der Waals surface area contributed by atoms with Gasteiger partial charge in [-0.15, -0.1) is 0 Å². The number of carbonyl (C=O) groups excluding carboxylic acids is 3. The molecule has 2 saturated heterocycles. The van der Waals surface area contributed by atoms with Crippen molar-refractivity contribution < 1.29 is 23.5 Å². The normalized spacial score (nSPS) is 22.2. The molecule has 1 aromatic heterocycles. The second-order valence-electron chi connectivity index (χ2n) is 11.2. The fourth-order valence-electron chi connectivity index (χ4n) is 6.62. The number of ether oxygens (including phenoxy) is 1. The summed E-state index contributed by atoms with van der Waals surface area (Å²) in [5.74, 6) is -0.791. The first-order chi connectivity index (χ1) is 18.8. The Morgan fingerprint density at radius 3 is 2.77 bits per heavy atom. The van der Waals surface area contributed by atoms with E-state index < -0.39 is 12.0 Å². The summed E-state index contributed by atoms with van der Waals surface area (Å²) >= 11 is 6.11. The summed E-state index contributed by atoms with van der Waals surface area (Å²) in [6.45, 7) is 3.85. The Morgan fingerprint density at radius 1 is 1.15 bits per heavy atom. The molecule has 1 atom stereocenters. The van der Waals surface area contributed by atoms with Gasteiger partial charge >= 0.3 is 0 Å². The zero-order valence-corrected chi connectivity index (χ0v) is 22.6. The number of aryl methyl sites for hydroxylation is 1. The van der Waals surface area contributed by atoms with E-state index >= 15 is 0 Å². The molecule has 5 heterocycles. The molecule has 6 rings (SSSR count). The van der Waals surface area contributed by atoms with Crippen molar-refractivity contribution in [1.82, 2.24) is 20.1 Å². The molecule has 0 saturated carbocycles. The molecule has 8 nitrogen and oxygen atoms in total. The van der Waals surface area contributed by atoms with E-state index in [4.69, 9.17) is 16.3 Å². The maximum absolute atomic E-state index is 13.9. The largest absolute Gasteiger partial charge is 0.489 e. The zero-order chi connectivity index (χ0) is 27.1. The van der Waals surface area contributed by atoms with Gasteiger partial charge in [0.05, 0.1) is 6.61 Å². The molecular weight excluding hydrogens is 523 g/mol. The Morgan fingerprint density at radius 2 is 1.97 bits per heavy atom. The molecule has 1 spiro atoms. The number of nitrogens with one attached hydrogen (secondary N) is 1. The lowest BCUT2D eigenvalue weighted by Crippen LogP contribution is -2.52. The Bertz CT molecular complexity index is 1330. The number of likely N-dealkylation sites (tertiary alicyclic amines) is 1. The first kappa shape index (κ1) is 26.2. The van der Waals surface area contributed by atoms with Crippen molar-refractivity contribution >= 4 is 29.3 Å². The van der Waals surface area contributed by atoms with Crippen LogP contribution in [-0.2, 0) is 28.0 Å². The smallest absolute Gasteiger partial charge is 0.255 e. The molecule has 4 aliphatic rings. The van der Waals surface area contributed by atoms with E-state index in [1.807, 2.05) is 12.1 Å². The Kier molecular flexibility index (Phi) is 7.05. The minimum atomic E-state index is -0.587. The number of nitrogens with zero attached hydrogens (tertiary/aromatic N) is 3. The number of amides is 3. The zero-order valence-electron chi connectivity index (χ0n) is 21.8. The van der Waals surface area contributed by atoms with Gasteiger partial charge in [-0.25, -0.2) is 4.98 Å². The average Bonchev–Trinajstić information content (AvgIpc) is 3.43. The molecule has 2 fully saturated rings. The number of hydrogen-bond acceptors (Lipinski definition) is 6. The van der Waals surface area contributed by atoms with Gasteiger partial charge in [-0.05, 0) is 75.4 Å². The summed E-state index contributed by atoms with van der Waals surface area (Å²) in [4.78, 5) is 44.7. The highest BCUT2D eigenvalue weighted by atomic mass is 35.5. The van der Waals surface area contributed by atoms with Gasteiger partial charge in [0.15, 0.2) is 10.9 Å². The van der Waals surface area contributed by atoms with Crippen molar-refractivity contribution in [2.75, 3.05) is 26.2 Å². The molecule has 39 heavy (non-hydrogen) atoms. The fraction of sp³-hybridized carbons (Fsp3) is 0.517. The summed E-state index contributed by atoms with van der Waals surface area (Å²) in [5.41, 5.74) is 3.54. The number of rotatable bonds is 7. The highest BCUT2D eigenvalue weighted by molar-refractivity contribution is 6.31. The number of imide groups is 1. The van der Waals surface area contributed by atoms with Crippen LogP contribution in [0.3, 0.4) is 0 Å². The second kappa shape index (κ2) is 10.5. The number of pyridine rings is 1. The maximum Gasteiger partial charge on any atom is 0.255 e. The number of fused-ring (bicyclic) bond motifs is 3. The van der Waals surface area contributed by atoms with Crippen LogP contribution in [0, 0.1) is 5.95 Å². The summed E-state index contributed by atoms with van der Waals surface area (Å²) in [7, 11) is 0. The number of aromatic nitrogens is 1. The third kappa shape index (κ3) is 4.91. The van der Waals surface area contributed by atoms with E-state index in [-0.39, 0.29) is 34.7 Å². The third-order valence-electron chi connectivity index (χ3n) is 8.88. The van der Waals surface area contributed by atoms with Crippen LogP contribution in [0.15, 0.2) is 24.3 Å². The number of piperidine rings is 2. The fourth-order valence-corrected chi connectivity index (χ4v) is 6.86. The van der Waals surface area contributed by atoms with Gasteiger partial charge in [0.2, 0.25) is 17.8 Å². The first-order valence-electron chi connectivity index (χ1n) is 13.8. The Labute approximate surface area is 231 Å². The van der Waals surface area contributed by atoms with Crippen LogP contribution in [0.4, 0.5) is 4.39 Å². The van der Waals surface area contributed by atoms with E-state index in [1.54, 1.807) is 4.90 Å². The molecule has 1 N–H and O–H groups in total. The van der Waals surface area contributed by atoms with E-state index in [1.165, 1.54) is 6.07 Å². The molecule has 0 bridgehead atoms. The van der Waals surface area contributed by atoms with E-state index in [9.17, 15) is 18.8 Å². The topological polar surface area (TPSA) is 91.8 Å². The molecule has 4 aliphatic heterocycles. The first-order valence-corrected chi connectivity index (χ1v) is 14.2. The molecule has 1 unspecified atom stereocenters. The number of benzene rings is 1. The molecule has 2 aromatic rings. The quantitative estimate of drug-likeness (QED) is 0.318. The van der Waals surface area contributed by atoms with Crippen molar-refractivity contribution in [3.63, 3.8) is 0 Å². The lowest BCUT2D eigenvalue weighted by atomic mass is 9.74. The van der Waals surface area contributed by atoms with Crippen LogP contribution in [-0.4, -0.2) is 64.8 Å². The lowest BCUT2D eigenvalue weighted by molar-refractivity contribution is -0.136. The van der Waals surface area contributed by atoms with Gasteiger partial charge in [-0.1, -0.05) is 30.2 Å². The second-order valence-corrected chi connectivity index (χ2v) is 11.5. The van der Waals surface area contributed by atoms with Gasteiger partial charge in [0, 0.05) is 35.6 Å². The molecule has 0 radical (unpaired) electrons. The third-order valence-corrected chi connectivity index (χ3v) is 9.13. The van der Waals surface area contributed by atoms with Crippen LogP contribution >= 0.6 is 11.6 Å². The van der Waals surface area contributed by atoms with E-state index in [0.717, 1.165) is 74.8 Å². The van der Waals surface area contributed by atoms with E-state index in [2.05, 4.69) is 21.3 Å². The monoisotopic (exact) mass is 554 g/mol. The average molecular weight is 555 g/mol. The molecular formula is C29H32ClFN4O4. The van der Waals surface area contributed by atoms with Crippen molar-refractivity contribution in [1.29, 1.82) is 0 Å². The van der Waals surface area contributed by atoms with Crippen LogP contribution in [0.5, 0.6) is 5.75 Å². The van der Waals surface area contributed by atoms with Crippen LogP contribution in [0.2, 0.25) is 5.15 Å². The maximum atomic E-state index is 13.9. The summed E-state index contributed by atoms with van der Waals surface area (Å²) < 4.78 is 19.7. The highest BCUT2D eigenvalue weighted by Gasteiger charge is 2.44. The number of carbonyl (C=O) groups is 3. The van der Waals surface area contributed by atoms with E-state index in [0.29, 0.717) is 30.9 Å². The SMILES string of the molecule is O=C1CCC(N2Cc3c(CCCCCN4CCC5(CC4)COc4c5cc(F)nc4Cl)cccc3C2=O)C(=O)N1. The predicted molar refractivity (Wildman–Crippen MR) is 142 cm³/mol. The molecule has 3 amide bonds. The molecule has 10 heteroatoms.